The Bertz CT molecular complexity index is 1230. The summed E-state index contributed by atoms with van der Waals surface area (Å²) in [7, 11) is 1.90. The third-order valence-corrected chi connectivity index (χ3v) is 6.54. The molecule has 1 unspecified atom stereocenters. The average molecular weight is 478 g/mol. The van der Waals surface area contributed by atoms with Crippen molar-refractivity contribution in [3.63, 3.8) is 0 Å². The fourth-order valence-corrected chi connectivity index (χ4v) is 4.32. The van der Waals surface area contributed by atoms with E-state index in [0.29, 0.717) is 16.3 Å². The van der Waals surface area contributed by atoms with Crippen molar-refractivity contribution in [3.8, 4) is 16.3 Å². The Kier molecular flexibility index (Phi) is 5.91. The number of hydrogen-bond acceptors (Lipinski definition) is 6. The van der Waals surface area contributed by atoms with Crippen molar-refractivity contribution in [3.05, 3.63) is 64.1 Å². The third kappa shape index (κ3) is 4.87. The van der Waals surface area contributed by atoms with E-state index < -0.39 is 17.7 Å². The summed E-state index contributed by atoms with van der Waals surface area (Å²) >= 11 is 1.26. The Morgan fingerprint density at radius 1 is 1.27 bits per heavy atom. The van der Waals surface area contributed by atoms with E-state index in [2.05, 4.69) is 10.1 Å². The van der Waals surface area contributed by atoms with Gasteiger partial charge in [0.1, 0.15) is 17.4 Å². The van der Waals surface area contributed by atoms with Gasteiger partial charge in [-0.3, -0.25) is 4.68 Å². The van der Waals surface area contributed by atoms with Crippen LogP contribution in [-0.2, 0) is 12.7 Å². The van der Waals surface area contributed by atoms with Crippen molar-refractivity contribution in [2.45, 2.75) is 32.6 Å². The van der Waals surface area contributed by atoms with Crippen LogP contribution in [0.2, 0.25) is 0 Å². The molecule has 3 heterocycles. The summed E-state index contributed by atoms with van der Waals surface area (Å²) in [5, 5.41) is 13.5. The summed E-state index contributed by atoms with van der Waals surface area (Å²) in [6, 6.07) is 3.63. The van der Waals surface area contributed by atoms with Crippen molar-refractivity contribution in [2.24, 2.45) is 0 Å². The number of carboxylic acid groups (broad SMARTS) is 1. The molecular formula is C22H21F3N4O3S. The number of rotatable bonds is 7. The highest BCUT2D eigenvalue weighted by Gasteiger charge is 2.32. The molecule has 33 heavy (non-hydrogen) atoms. The number of likely N-dealkylation sites (N-methyl/N-ethyl adjacent to an activating group) is 1. The van der Waals surface area contributed by atoms with Gasteiger partial charge in [-0.05, 0) is 38.1 Å². The molecule has 0 saturated heterocycles. The number of hydrogen-bond donors (Lipinski definition) is 1. The predicted octanol–water partition coefficient (Wildman–Crippen LogP) is 4.68. The summed E-state index contributed by atoms with van der Waals surface area (Å²) in [5.74, 6) is -0.967. The second-order valence-electron chi connectivity index (χ2n) is 7.79. The SMILES string of the molecule is CC1=CC(COc2cc(-c3nc(Cn4cc(C(=O)O)cn4)c(C)s3)cc(C(F)(F)F)c2)N1C. The van der Waals surface area contributed by atoms with Crippen molar-refractivity contribution >= 4 is 17.3 Å². The molecule has 7 nitrogen and oxygen atoms in total. The number of ether oxygens (including phenoxy) is 1. The van der Waals surface area contributed by atoms with Crippen molar-refractivity contribution in [2.75, 3.05) is 13.7 Å². The minimum absolute atomic E-state index is 0.0152. The molecular weight excluding hydrogens is 457 g/mol. The van der Waals surface area contributed by atoms with Crippen LogP contribution in [0.3, 0.4) is 0 Å². The molecule has 0 radical (unpaired) electrons. The number of allylic oxidation sites excluding steroid dienone is 1. The Hall–Kier alpha value is -3.34. The molecule has 1 aliphatic heterocycles. The van der Waals surface area contributed by atoms with Gasteiger partial charge in [-0.25, -0.2) is 9.78 Å². The van der Waals surface area contributed by atoms with Crippen LogP contribution in [0.5, 0.6) is 5.75 Å². The normalized spacial score (nSPS) is 15.9. The standard InChI is InChI=1S/C22H21F3N4O3S/c1-12-4-17(28(12)3)11-32-18-6-14(5-16(7-18)22(23,24)25)20-27-19(13(2)33-20)10-29-9-15(8-26-29)21(30)31/h4-9,17H,10-11H2,1-3H3,(H,30,31). The first-order chi connectivity index (χ1) is 15.5. The van der Waals surface area contributed by atoms with Crippen LogP contribution >= 0.6 is 11.3 Å². The van der Waals surface area contributed by atoms with Crippen molar-refractivity contribution in [1.29, 1.82) is 0 Å². The zero-order chi connectivity index (χ0) is 23.9. The van der Waals surface area contributed by atoms with Gasteiger partial charge in [0.25, 0.3) is 0 Å². The van der Waals surface area contributed by atoms with E-state index in [-0.39, 0.29) is 30.5 Å². The van der Waals surface area contributed by atoms with Crippen LogP contribution in [0.1, 0.15) is 33.4 Å². The molecule has 174 valence electrons. The Morgan fingerprint density at radius 3 is 2.64 bits per heavy atom. The van der Waals surface area contributed by atoms with E-state index >= 15 is 0 Å². The molecule has 2 aromatic heterocycles. The number of halogens is 3. The number of benzene rings is 1. The highest BCUT2D eigenvalue weighted by Crippen LogP contribution is 2.37. The zero-order valence-electron chi connectivity index (χ0n) is 18.1. The maximum atomic E-state index is 13.5. The first-order valence-electron chi connectivity index (χ1n) is 10.00. The Labute approximate surface area is 191 Å². The topological polar surface area (TPSA) is 80.5 Å². The van der Waals surface area contributed by atoms with Gasteiger partial charge in [-0.15, -0.1) is 11.3 Å². The molecule has 1 aromatic carbocycles. The lowest BCUT2D eigenvalue weighted by Gasteiger charge is -2.37. The average Bonchev–Trinajstić information content (AvgIpc) is 3.37. The molecule has 1 N–H and O–H groups in total. The molecule has 0 saturated carbocycles. The number of carboxylic acids is 1. The molecule has 0 aliphatic carbocycles. The van der Waals surface area contributed by atoms with E-state index in [1.165, 1.54) is 28.4 Å². The molecule has 1 atom stereocenters. The van der Waals surface area contributed by atoms with Gasteiger partial charge in [0.2, 0.25) is 0 Å². The lowest BCUT2D eigenvalue weighted by molar-refractivity contribution is -0.137. The summed E-state index contributed by atoms with van der Waals surface area (Å²) in [6.07, 6.45) is 0.0769. The number of carbonyl (C=O) groups is 1. The predicted molar refractivity (Wildman–Crippen MR) is 116 cm³/mol. The number of aryl methyl sites for hydroxylation is 1. The highest BCUT2D eigenvalue weighted by molar-refractivity contribution is 7.15. The number of thiazole rings is 1. The van der Waals surface area contributed by atoms with E-state index in [1.807, 2.05) is 31.9 Å². The van der Waals surface area contributed by atoms with Crippen LogP contribution in [0, 0.1) is 6.92 Å². The molecule has 1 aliphatic rings. The Morgan fingerprint density at radius 2 is 2.03 bits per heavy atom. The quantitative estimate of drug-likeness (QED) is 0.531. The fraction of sp³-hybridized carbons (Fsp3) is 0.318. The highest BCUT2D eigenvalue weighted by atomic mass is 32.1. The first-order valence-corrected chi connectivity index (χ1v) is 10.8. The van der Waals surface area contributed by atoms with Crippen molar-refractivity contribution < 1.29 is 27.8 Å². The number of nitrogens with zero attached hydrogens (tertiary/aromatic N) is 4. The van der Waals surface area contributed by atoms with Gasteiger partial charge in [-0.2, -0.15) is 18.3 Å². The molecule has 4 rings (SSSR count). The lowest BCUT2D eigenvalue weighted by atomic mass is 10.1. The summed E-state index contributed by atoms with van der Waals surface area (Å²) in [4.78, 5) is 18.3. The van der Waals surface area contributed by atoms with Gasteiger partial charge >= 0.3 is 12.1 Å². The largest absolute Gasteiger partial charge is 0.491 e. The van der Waals surface area contributed by atoms with Gasteiger partial charge < -0.3 is 14.7 Å². The van der Waals surface area contributed by atoms with Crippen LogP contribution in [0.15, 0.2) is 42.4 Å². The second kappa shape index (κ2) is 8.54. The van der Waals surface area contributed by atoms with Gasteiger partial charge in [0.05, 0.1) is 35.6 Å². The fourth-order valence-electron chi connectivity index (χ4n) is 3.41. The maximum Gasteiger partial charge on any atom is 0.416 e. The van der Waals surface area contributed by atoms with Gasteiger partial charge in [-0.1, -0.05) is 0 Å². The molecule has 3 aromatic rings. The molecule has 11 heteroatoms. The summed E-state index contributed by atoms with van der Waals surface area (Å²) < 4.78 is 47.8. The monoisotopic (exact) mass is 478 g/mol. The molecule has 0 spiro atoms. The smallest absolute Gasteiger partial charge is 0.416 e. The number of aromatic nitrogens is 3. The Balaban J connectivity index is 1.60. The summed E-state index contributed by atoms with van der Waals surface area (Å²) in [6.45, 7) is 4.21. The second-order valence-corrected chi connectivity index (χ2v) is 9.00. The lowest BCUT2D eigenvalue weighted by Crippen LogP contribution is -2.41. The van der Waals surface area contributed by atoms with Crippen LogP contribution < -0.4 is 4.74 Å². The third-order valence-electron chi connectivity index (χ3n) is 5.47. The molecule has 0 bridgehead atoms. The maximum absolute atomic E-state index is 13.5. The van der Waals surface area contributed by atoms with E-state index in [0.717, 1.165) is 22.7 Å². The van der Waals surface area contributed by atoms with Gasteiger partial charge in [0.15, 0.2) is 0 Å². The van der Waals surface area contributed by atoms with Crippen LogP contribution in [-0.4, -0.2) is 50.4 Å². The number of aromatic carboxylic acids is 1. The van der Waals surface area contributed by atoms with Crippen LogP contribution in [0.25, 0.3) is 10.6 Å². The minimum atomic E-state index is -4.53. The van der Waals surface area contributed by atoms with E-state index in [9.17, 15) is 18.0 Å². The van der Waals surface area contributed by atoms with E-state index in [4.69, 9.17) is 9.84 Å². The first kappa shape index (κ1) is 22.8. The summed E-state index contributed by atoms with van der Waals surface area (Å²) in [5.41, 5.74) is 1.24. The number of alkyl halides is 3. The molecule has 0 fully saturated rings. The zero-order valence-corrected chi connectivity index (χ0v) is 18.9. The minimum Gasteiger partial charge on any atom is -0.491 e. The van der Waals surface area contributed by atoms with Crippen molar-refractivity contribution in [1.82, 2.24) is 19.7 Å². The van der Waals surface area contributed by atoms with E-state index in [1.54, 1.807) is 6.07 Å². The van der Waals surface area contributed by atoms with Gasteiger partial charge in [0, 0.05) is 29.4 Å². The van der Waals surface area contributed by atoms with Crippen LogP contribution in [0.4, 0.5) is 13.2 Å². The molecule has 0 amide bonds.